The Kier molecular flexibility index (Phi) is 3.80. The van der Waals surface area contributed by atoms with E-state index in [9.17, 15) is 0 Å². The Hall–Kier alpha value is -1.39. The zero-order valence-corrected chi connectivity index (χ0v) is 11.5. The molecule has 0 amide bonds. The highest BCUT2D eigenvalue weighted by molar-refractivity contribution is 5.79. The fourth-order valence-corrected chi connectivity index (χ4v) is 2.92. The quantitative estimate of drug-likeness (QED) is 0.883. The van der Waals surface area contributed by atoms with Crippen molar-refractivity contribution >= 4 is 11.0 Å². The largest absolute Gasteiger partial charge is 0.346 e. The lowest BCUT2D eigenvalue weighted by molar-refractivity contribution is 0.198. The molecule has 1 saturated heterocycles. The molecule has 1 aliphatic heterocycles. The predicted octanol–water partition coefficient (Wildman–Crippen LogP) is 2.14. The Labute approximate surface area is 114 Å². The summed E-state index contributed by atoms with van der Waals surface area (Å²) in [7, 11) is 0. The topological polar surface area (TPSA) is 44.0 Å². The van der Waals surface area contributed by atoms with Crippen molar-refractivity contribution in [2.45, 2.75) is 32.4 Å². The minimum atomic E-state index is 0.621. The third kappa shape index (κ3) is 2.80. The smallest absolute Gasteiger partial charge is 0.137 e. The van der Waals surface area contributed by atoms with Gasteiger partial charge in [-0.1, -0.05) is 6.92 Å². The minimum Gasteiger partial charge on any atom is -0.346 e. The maximum absolute atomic E-state index is 4.33. The van der Waals surface area contributed by atoms with Crippen LogP contribution in [0, 0.1) is 0 Å². The van der Waals surface area contributed by atoms with E-state index in [2.05, 4.69) is 39.4 Å². The van der Waals surface area contributed by atoms with Crippen LogP contribution in [0.15, 0.2) is 24.5 Å². The van der Waals surface area contributed by atoms with Gasteiger partial charge in [0.2, 0.25) is 0 Å². The van der Waals surface area contributed by atoms with Crippen molar-refractivity contribution in [3.05, 3.63) is 30.1 Å². The van der Waals surface area contributed by atoms with Gasteiger partial charge in [0.05, 0.1) is 0 Å². The molecule has 2 aromatic heterocycles. The van der Waals surface area contributed by atoms with E-state index in [1.165, 1.54) is 36.9 Å². The summed E-state index contributed by atoms with van der Waals surface area (Å²) >= 11 is 0. The average Bonchev–Trinajstić information content (AvgIpc) is 2.89. The van der Waals surface area contributed by atoms with E-state index in [4.69, 9.17) is 0 Å². The van der Waals surface area contributed by atoms with E-state index in [1.54, 1.807) is 0 Å². The Morgan fingerprint density at radius 2 is 2.47 bits per heavy atom. The molecule has 4 nitrogen and oxygen atoms in total. The second kappa shape index (κ2) is 5.72. The van der Waals surface area contributed by atoms with Gasteiger partial charge in [-0.25, -0.2) is 4.98 Å². The highest BCUT2D eigenvalue weighted by atomic mass is 15.2. The normalized spacial score (nSPS) is 21.0. The molecular formula is C15H22N4. The average molecular weight is 258 g/mol. The van der Waals surface area contributed by atoms with E-state index >= 15 is 0 Å². The van der Waals surface area contributed by atoms with Gasteiger partial charge < -0.3 is 15.2 Å². The Bertz CT molecular complexity index is 534. The zero-order chi connectivity index (χ0) is 13.1. The van der Waals surface area contributed by atoms with Crippen molar-refractivity contribution in [3.63, 3.8) is 0 Å². The van der Waals surface area contributed by atoms with Crippen LogP contribution in [0.25, 0.3) is 11.0 Å². The lowest BCUT2D eigenvalue weighted by Crippen LogP contribution is -2.45. The molecule has 19 heavy (non-hydrogen) atoms. The molecule has 1 fully saturated rings. The Morgan fingerprint density at radius 1 is 1.53 bits per heavy atom. The molecule has 0 radical (unpaired) electrons. The number of aromatic nitrogens is 2. The number of nitrogens with one attached hydrogen (secondary N) is 2. The summed E-state index contributed by atoms with van der Waals surface area (Å²) in [5.41, 5.74) is 2.30. The van der Waals surface area contributed by atoms with Gasteiger partial charge in [-0.2, -0.15) is 0 Å². The van der Waals surface area contributed by atoms with Gasteiger partial charge in [-0.05, 0) is 43.6 Å². The van der Waals surface area contributed by atoms with E-state index in [-0.39, 0.29) is 0 Å². The van der Waals surface area contributed by atoms with Gasteiger partial charge in [0.25, 0.3) is 0 Å². The van der Waals surface area contributed by atoms with Gasteiger partial charge in [0.1, 0.15) is 5.65 Å². The lowest BCUT2D eigenvalue weighted by Gasteiger charge is -2.32. The number of hydrogen-bond acceptors (Lipinski definition) is 3. The summed E-state index contributed by atoms with van der Waals surface area (Å²) in [5, 5.41) is 4.93. The maximum Gasteiger partial charge on any atom is 0.137 e. The molecule has 102 valence electrons. The fourth-order valence-electron chi connectivity index (χ4n) is 2.92. The van der Waals surface area contributed by atoms with Crippen LogP contribution in [0.4, 0.5) is 0 Å². The Balaban J connectivity index is 1.63. The van der Waals surface area contributed by atoms with Crippen molar-refractivity contribution in [2.75, 3.05) is 19.6 Å². The van der Waals surface area contributed by atoms with Crippen molar-refractivity contribution < 1.29 is 0 Å². The Morgan fingerprint density at radius 3 is 3.37 bits per heavy atom. The summed E-state index contributed by atoms with van der Waals surface area (Å²) in [5.74, 6) is 0. The first-order valence-corrected chi connectivity index (χ1v) is 7.23. The first-order chi connectivity index (χ1) is 9.36. The van der Waals surface area contributed by atoms with Crippen LogP contribution in [-0.2, 0) is 6.54 Å². The molecule has 2 aromatic rings. The summed E-state index contributed by atoms with van der Waals surface area (Å²) in [4.78, 5) is 10.1. The molecule has 0 bridgehead atoms. The lowest BCUT2D eigenvalue weighted by atomic mass is 10.1. The van der Waals surface area contributed by atoms with Gasteiger partial charge in [0, 0.05) is 36.9 Å². The number of piperidine rings is 1. The molecule has 0 aromatic carbocycles. The predicted molar refractivity (Wildman–Crippen MR) is 78.1 cm³/mol. The molecule has 1 unspecified atom stereocenters. The summed E-state index contributed by atoms with van der Waals surface area (Å²) in [6.45, 7) is 6.76. The molecular weight excluding hydrogens is 236 g/mol. The number of nitrogens with zero attached hydrogens (tertiary/aromatic N) is 2. The molecule has 0 spiro atoms. The molecule has 0 aliphatic carbocycles. The van der Waals surface area contributed by atoms with Gasteiger partial charge in [-0.15, -0.1) is 0 Å². The zero-order valence-electron chi connectivity index (χ0n) is 11.5. The number of fused-ring (bicyclic) bond motifs is 1. The van der Waals surface area contributed by atoms with Crippen LogP contribution in [0.3, 0.4) is 0 Å². The van der Waals surface area contributed by atoms with Crippen LogP contribution in [0.1, 0.15) is 25.3 Å². The van der Waals surface area contributed by atoms with E-state index in [0.717, 1.165) is 18.7 Å². The molecule has 3 heterocycles. The summed E-state index contributed by atoms with van der Waals surface area (Å²) < 4.78 is 0. The third-order valence-electron chi connectivity index (χ3n) is 4.07. The fraction of sp³-hybridized carbons (Fsp3) is 0.533. The second-order valence-corrected chi connectivity index (χ2v) is 5.33. The van der Waals surface area contributed by atoms with Crippen molar-refractivity contribution in [1.82, 2.24) is 20.2 Å². The summed E-state index contributed by atoms with van der Waals surface area (Å²) in [6.07, 6.45) is 6.50. The van der Waals surface area contributed by atoms with Gasteiger partial charge in [-0.3, -0.25) is 0 Å². The molecule has 2 N–H and O–H groups in total. The number of aromatic amines is 1. The number of likely N-dealkylation sites (tertiary alicyclic amines) is 1. The standard InChI is InChI=1S/C15H22N4/c1-2-19-8-4-5-13(11-19)17-9-12-10-18-15-14(12)6-3-7-16-15/h3,6-7,10,13,17H,2,4-5,8-9,11H2,1H3,(H,16,18). The van der Waals surface area contributed by atoms with Crippen molar-refractivity contribution in [1.29, 1.82) is 0 Å². The molecule has 4 heteroatoms. The van der Waals surface area contributed by atoms with Crippen molar-refractivity contribution in [2.24, 2.45) is 0 Å². The van der Waals surface area contributed by atoms with E-state index in [1.807, 2.05) is 12.3 Å². The summed E-state index contributed by atoms with van der Waals surface area (Å²) in [6, 6.07) is 4.75. The number of rotatable bonds is 4. The minimum absolute atomic E-state index is 0.621. The number of pyridine rings is 1. The first kappa shape index (κ1) is 12.6. The molecule has 1 atom stereocenters. The SMILES string of the molecule is CCN1CCCC(NCc2c[nH]c3ncccc23)C1. The van der Waals surface area contributed by atoms with Crippen LogP contribution in [-0.4, -0.2) is 40.5 Å². The monoisotopic (exact) mass is 258 g/mol. The van der Waals surface area contributed by atoms with Crippen LogP contribution >= 0.6 is 0 Å². The van der Waals surface area contributed by atoms with Gasteiger partial charge >= 0.3 is 0 Å². The highest BCUT2D eigenvalue weighted by Crippen LogP contribution is 2.16. The molecule has 3 rings (SSSR count). The molecule has 1 aliphatic rings. The first-order valence-electron chi connectivity index (χ1n) is 7.23. The van der Waals surface area contributed by atoms with E-state index in [0.29, 0.717) is 6.04 Å². The highest BCUT2D eigenvalue weighted by Gasteiger charge is 2.18. The number of likely N-dealkylation sites (N-methyl/N-ethyl adjacent to an activating group) is 1. The van der Waals surface area contributed by atoms with Gasteiger partial charge in [0.15, 0.2) is 0 Å². The van der Waals surface area contributed by atoms with Crippen LogP contribution in [0.5, 0.6) is 0 Å². The van der Waals surface area contributed by atoms with E-state index < -0.39 is 0 Å². The molecule has 0 saturated carbocycles. The maximum atomic E-state index is 4.33. The third-order valence-corrected chi connectivity index (χ3v) is 4.07. The number of H-pyrrole nitrogens is 1. The van der Waals surface area contributed by atoms with Crippen LogP contribution < -0.4 is 5.32 Å². The second-order valence-electron chi connectivity index (χ2n) is 5.33. The van der Waals surface area contributed by atoms with Crippen LogP contribution in [0.2, 0.25) is 0 Å². The van der Waals surface area contributed by atoms with Crippen molar-refractivity contribution in [3.8, 4) is 0 Å². The number of hydrogen-bond donors (Lipinski definition) is 2.